The van der Waals surface area contributed by atoms with Crippen LogP contribution in [-0.4, -0.2) is 47.7 Å². The Balaban J connectivity index is 1.95. The van der Waals surface area contributed by atoms with Gasteiger partial charge in [-0.15, -0.1) is 0 Å². The van der Waals surface area contributed by atoms with Crippen molar-refractivity contribution in [3.8, 4) is 0 Å². The molecule has 0 unspecified atom stereocenters. The van der Waals surface area contributed by atoms with Crippen LogP contribution in [0.3, 0.4) is 0 Å². The van der Waals surface area contributed by atoms with Crippen LogP contribution in [0.4, 0.5) is 0 Å². The molecule has 0 radical (unpaired) electrons. The van der Waals surface area contributed by atoms with Gasteiger partial charge < -0.3 is 15.3 Å². The third kappa shape index (κ3) is 1.76. The SMILES string of the molecule is CC(C(=O)N1CC(O)(C(C)C)C1)=C1CNC1. The lowest BCUT2D eigenvalue weighted by Crippen LogP contribution is -2.66. The summed E-state index contributed by atoms with van der Waals surface area (Å²) < 4.78 is 0. The summed E-state index contributed by atoms with van der Waals surface area (Å²) in [6.45, 7) is 8.47. The number of aliphatic hydroxyl groups is 1. The van der Waals surface area contributed by atoms with Gasteiger partial charge in [0, 0.05) is 18.7 Å². The van der Waals surface area contributed by atoms with Gasteiger partial charge in [-0.3, -0.25) is 4.79 Å². The van der Waals surface area contributed by atoms with Crippen LogP contribution in [-0.2, 0) is 4.79 Å². The van der Waals surface area contributed by atoms with Gasteiger partial charge in [-0.1, -0.05) is 13.8 Å². The van der Waals surface area contributed by atoms with Gasteiger partial charge in [0.15, 0.2) is 0 Å². The van der Waals surface area contributed by atoms with E-state index in [1.807, 2.05) is 20.8 Å². The molecule has 2 aliphatic rings. The molecule has 4 heteroatoms. The van der Waals surface area contributed by atoms with Crippen molar-refractivity contribution in [2.24, 2.45) is 5.92 Å². The first kappa shape index (κ1) is 11.6. The number of hydrogen-bond donors (Lipinski definition) is 2. The number of nitrogens with zero attached hydrogens (tertiary/aromatic N) is 1. The number of rotatable bonds is 2. The van der Waals surface area contributed by atoms with Gasteiger partial charge in [0.1, 0.15) is 5.60 Å². The number of β-amino-alcohol motifs (C(OH)–C–C–N with tert-alkyl or cyclic N) is 1. The van der Waals surface area contributed by atoms with E-state index in [0.717, 1.165) is 18.7 Å². The Kier molecular flexibility index (Phi) is 2.80. The lowest BCUT2D eigenvalue weighted by atomic mass is 9.82. The minimum Gasteiger partial charge on any atom is -0.386 e. The summed E-state index contributed by atoms with van der Waals surface area (Å²) in [6, 6.07) is 0. The van der Waals surface area contributed by atoms with Gasteiger partial charge in [0.05, 0.1) is 13.1 Å². The molecule has 2 N–H and O–H groups in total. The Labute approximate surface area is 96.3 Å². The Morgan fingerprint density at radius 1 is 1.44 bits per heavy atom. The lowest BCUT2D eigenvalue weighted by molar-refractivity contribution is -0.160. The van der Waals surface area contributed by atoms with Crippen LogP contribution in [0.2, 0.25) is 0 Å². The van der Waals surface area contributed by atoms with E-state index in [2.05, 4.69) is 5.32 Å². The third-order valence-electron chi connectivity index (χ3n) is 3.82. The fraction of sp³-hybridized carbons (Fsp3) is 0.750. The highest BCUT2D eigenvalue weighted by atomic mass is 16.3. The Morgan fingerprint density at radius 3 is 2.38 bits per heavy atom. The number of carbonyl (C=O) groups excluding carboxylic acids is 1. The normalized spacial score (nSPS) is 22.8. The van der Waals surface area contributed by atoms with Crippen LogP contribution in [0.5, 0.6) is 0 Å². The first-order valence-corrected chi connectivity index (χ1v) is 5.85. The van der Waals surface area contributed by atoms with Crippen LogP contribution in [0.25, 0.3) is 0 Å². The van der Waals surface area contributed by atoms with Gasteiger partial charge in [-0.2, -0.15) is 0 Å². The standard InChI is InChI=1S/C12H20N2O2/c1-8(2)12(16)6-14(7-12)11(15)9(3)10-4-13-5-10/h8,13,16H,4-7H2,1-3H3. The topological polar surface area (TPSA) is 52.6 Å². The number of likely N-dealkylation sites (tertiary alicyclic amines) is 1. The van der Waals surface area contributed by atoms with Crippen LogP contribution < -0.4 is 5.32 Å². The first-order chi connectivity index (χ1) is 7.44. The summed E-state index contributed by atoms with van der Waals surface area (Å²) in [4.78, 5) is 13.7. The van der Waals surface area contributed by atoms with Crippen molar-refractivity contribution >= 4 is 5.91 Å². The van der Waals surface area contributed by atoms with Crippen LogP contribution in [0.15, 0.2) is 11.1 Å². The van der Waals surface area contributed by atoms with Gasteiger partial charge in [-0.25, -0.2) is 0 Å². The van der Waals surface area contributed by atoms with Crippen molar-refractivity contribution in [1.82, 2.24) is 10.2 Å². The number of amides is 1. The first-order valence-electron chi connectivity index (χ1n) is 5.85. The summed E-state index contributed by atoms with van der Waals surface area (Å²) in [7, 11) is 0. The maximum Gasteiger partial charge on any atom is 0.249 e. The molecule has 2 saturated heterocycles. The monoisotopic (exact) mass is 224 g/mol. The fourth-order valence-electron chi connectivity index (χ4n) is 2.03. The van der Waals surface area contributed by atoms with E-state index < -0.39 is 5.60 Å². The number of nitrogens with one attached hydrogen (secondary N) is 1. The van der Waals surface area contributed by atoms with Crippen LogP contribution >= 0.6 is 0 Å². The molecule has 16 heavy (non-hydrogen) atoms. The molecule has 2 rings (SSSR count). The predicted molar refractivity (Wildman–Crippen MR) is 61.9 cm³/mol. The van der Waals surface area contributed by atoms with Crippen molar-refractivity contribution in [1.29, 1.82) is 0 Å². The molecule has 0 spiro atoms. The molecule has 0 aliphatic carbocycles. The second-order valence-electron chi connectivity index (χ2n) is 5.25. The smallest absolute Gasteiger partial charge is 0.249 e. The molecule has 1 amide bonds. The lowest BCUT2D eigenvalue weighted by Gasteiger charge is -2.49. The molecule has 4 nitrogen and oxygen atoms in total. The Morgan fingerprint density at radius 2 is 2.00 bits per heavy atom. The predicted octanol–water partition coefficient (Wildman–Crippen LogP) is 0.135. The van der Waals surface area contributed by atoms with Gasteiger partial charge in [0.2, 0.25) is 5.91 Å². The summed E-state index contributed by atoms with van der Waals surface area (Å²) in [5, 5.41) is 13.2. The van der Waals surface area contributed by atoms with Gasteiger partial charge in [-0.05, 0) is 18.4 Å². The van der Waals surface area contributed by atoms with E-state index in [1.165, 1.54) is 5.57 Å². The van der Waals surface area contributed by atoms with Crippen LogP contribution in [0, 0.1) is 5.92 Å². The summed E-state index contributed by atoms with van der Waals surface area (Å²) in [5.41, 5.74) is 1.38. The van der Waals surface area contributed by atoms with Crippen molar-refractivity contribution in [2.45, 2.75) is 26.4 Å². The molecular formula is C12H20N2O2. The molecule has 2 aliphatic heterocycles. The Hall–Kier alpha value is -0.870. The van der Waals surface area contributed by atoms with E-state index in [4.69, 9.17) is 0 Å². The summed E-state index contributed by atoms with van der Waals surface area (Å²) in [5.74, 6) is 0.289. The Bertz CT molecular complexity index is 335. The van der Waals surface area contributed by atoms with E-state index in [0.29, 0.717) is 13.1 Å². The van der Waals surface area contributed by atoms with Gasteiger partial charge >= 0.3 is 0 Å². The second kappa shape index (κ2) is 3.86. The van der Waals surface area contributed by atoms with E-state index in [-0.39, 0.29) is 11.8 Å². The molecule has 0 atom stereocenters. The molecular weight excluding hydrogens is 204 g/mol. The average Bonchev–Trinajstić information content (AvgIpc) is 2.08. The highest BCUT2D eigenvalue weighted by molar-refractivity contribution is 5.94. The van der Waals surface area contributed by atoms with Crippen molar-refractivity contribution in [3.63, 3.8) is 0 Å². The third-order valence-corrected chi connectivity index (χ3v) is 3.82. The molecule has 0 aromatic rings. The molecule has 2 fully saturated rings. The molecule has 0 saturated carbocycles. The van der Waals surface area contributed by atoms with Crippen LogP contribution in [0.1, 0.15) is 20.8 Å². The zero-order valence-electron chi connectivity index (χ0n) is 10.2. The molecule has 0 aromatic heterocycles. The van der Waals surface area contributed by atoms with E-state index in [1.54, 1.807) is 4.90 Å². The number of carbonyl (C=O) groups is 1. The number of hydrogen-bond acceptors (Lipinski definition) is 3. The molecule has 0 bridgehead atoms. The minimum atomic E-state index is -0.668. The summed E-state index contributed by atoms with van der Waals surface area (Å²) in [6.07, 6.45) is 0. The average molecular weight is 224 g/mol. The molecule has 0 aromatic carbocycles. The quantitative estimate of drug-likeness (QED) is 0.656. The zero-order valence-corrected chi connectivity index (χ0v) is 10.2. The van der Waals surface area contributed by atoms with Crippen molar-refractivity contribution in [3.05, 3.63) is 11.1 Å². The summed E-state index contributed by atoms with van der Waals surface area (Å²) >= 11 is 0. The maximum atomic E-state index is 12.0. The van der Waals surface area contributed by atoms with Crippen molar-refractivity contribution in [2.75, 3.05) is 26.2 Å². The van der Waals surface area contributed by atoms with Gasteiger partial charge in [0.25, 0.3) is 0 Å². The molecule has 2 heterocycles. The highest BCUT2D eigenvalue weighted by Crippen LogP contribution is 2.30. The van der Waals surface area contributed by atoms with Crippen molar-refractivity contribution < 1.29 is 9.90 Å². The molecule has 90 valence electrons. The van der Waals surface area contributed by atoms with E-state index >= 15 is 0 Å². The zero-order chi connectivity index (χ0) is 11.9. The minimum absolute atomic E-state index is 0.0850. The second-order valence-corrected chi connectivity index (χ2v) is 5.25. The highest BCUT2D eigenvalue weighted by Gasteiger charge is 2.46. The fourth-order valence-corrected chi connectivity index (χ4v) is 2.03. The largest absolute Gasteiger partial charge is 0.386 e. The van der Waals surface area contributed by atoms with E-state index in [9.17, 15) is 9.90 Å². The maximum absolute atomic E-state index is 12.0.